The summed E-state index contributed by atoms with van der Waals surface area (Å²) in [6.45, 7) is -0.391. The summed E-state index contributed by atoms with van der Waals surface area (Å²) in [6, 6.07) is 0. The van der Waals surface area contributed by atoms with Crippen LogP contribution in [0.25, 0.3) is 0 Å². The SMILES string of the molecule is O=C(O[C@@H]1C[C@H](F)[C@H](n2cc(F)c(=O)[nH]c2=O)O1)P(O)O.O=c1[nH]c(=O)n([C@@H]2O[C@H](CO)C[C@@H]2F)cc1F. The van der Waals surface area contributed by atoms with Gasteiger partial charge in [-0.1, -0.05) is 0 Å². The molecule has 0 aliphatic carbocycles. The van der Waals surface area contributed by atoms with Crippen LogP contribution in [0, 0.1) is 11.6 Å². The Bertz CT molecular complexity index is 1400. The van der Waals surface area contributed by atoms with Crippen LogP contribution in [0.15, 0.2) is 31.6 Å². The first-order chi connectivity index (χ1) is 17.8. The zero-order valence-corrected chi connectivity index (χ0v) is 19.6. The Hall–Kier alpha value is -3.22. The van der Waals surface area contributed by atoms with Crippen LogP contribution in [-0.2, 0) is 14.2 Å². The molecule has 15 nitrogen and oxygen atoms in total. The maximum absolute atomic E-state index is 13.8. The van der Waals surface area contributed by atoms with E-state index in [0.29, 0.717) is 21.5 Å². The molecule has 2 aliphatic heterocycles. The van der Waals surface area contributed by atoms with Crippen molar-refractivity contribution in [1.82, 2.24) is 19.1 Å². The zero-order chi connectivity index (χ0) is 28.3. The Balaban J connectivity index is 0.000000215. The first-order valence-electron chi connectivity index (χ1n) is 10.4. The summed E-state index contributed by atoms with van der Waals surface area (Å²) in [7, 11) is -3.02. The lowest BCUT2D eigenvalue weighted by Gasteiger charge is -2.16. The van der Waals surface area contributed by atoms with Gasteiger partial charge in [-0.2, -0.15) is 8.78 Å². The molecule has 2 fully saturated rings. The number of nitrogens with one attached hydrogen (secondary N) is 2. The van der Waals surface area contributed by atoms with Crippen molar-refractivity contribution < 1.29 is 51.5 Å². The second-order valence-electron chi connectivity index (χ2n) is 7.75. The molecule has 20 heteroatoms. The molecule has 5 N–H and O–H groups in total. The molecular formula is C18H19F4N4O11P. The van der Waals surface area contributed by atoms with Crippen LogP contribution in [0.5, 0.6) is 0 Å². The predicted octanol–water partition coefficient (Wildman–Crippen LogP) is -1.01. The number of rotatable bonds is 5. The molecule has 38 heavy (non-hydrogen) atoms. The van der Waals surface area contributed by atoms with Gasteiger partial charge in [-0.3, -0.25) is 28.7 Å². The van der Waals surface area contributed by atoms with Crippen LogP contribution in [0.2, 0.25) is 0 Å². The second kappa shape index (κ2) is 12.1. The number of ether oxygens (including phenoxy) is 3. The smallest absolute Gasteiger partial charge is 0.385 e. The Morgan fingerprint density at radius 3 is 1.87 bits per heavy atom. The molecule has 4 heterocycles. The summed E-state index contributed by atoms with van der Waals surface area (Å²) in [5.41, 5.74) is -5.89. The number of carbonyl (C=O) groups is 1. The Kier molecular flexibility index (Phi) is 9.34. The maximum Gasteiger partial charge on any atom is 0.385 e. The molecule has 6 atom stereocenters. The van der Waals surface area contributed by atoms with Crippen LogP contribution in [0.4, 0.5) is 22.4 Å². The number of halogens is 4. The van der Waals surface area contributed by atoms with Gasteiger partial charge in [0, 0.05) is 12.8 Å². The van der Waals surface area contributed by atoms with E-state index in [-0.39, 0.29) is 6.42 Å². The van der Waals surface area contributed by atoms with E-state index in [4.69, 9.17) is 24.4 Å². The van der Waals surface area contributed by atoms with Crippen LogP contribution < -0.4 is 22.5 Å². The van der Waals surface area contributed by atoms with Crippen molar-refractivity contribution >= 4 is 14.1 Å². The number of aromatic amines is 2. The van der Waals surface area contributed by atoms with E-state index in [1.807, 2.05) is 0 Å². The number of aromatic nitrogens is 4. The molecule has 4 rings (SSSR count). The highest BCUT2D eigenvalue weighted by molar-refractivity contribution is 7.63. The molecule has 2 saturated heterocycles. The number of aliphatic hydroxyl groups excluding tert-OH is 1. The highest BCUT2D eigenvalue weighted by Crippen LogP contribution is 2.34. The van der Waals surface area contributed by atoms with Crippen LogP contribution in [-0.4, -0.2) is 71.1 Å². The minimum Gasteiger partial charge on any atom is -0.429 e. The van der Waals surface area contributed by atoms with Crippen LogP contribution in [0.1, 0.15) is 25.3 Å². The van der Waals surface area contributed by atoms with Gasteiger partial charge in [0.1, 0.15) is 6.17 Å². The van der Waals surface area contributed by atoms with Gasteiger partial charge in [0.2, 0.25) is 17.9 Å². The van der Waals surface area contributed by atoms with E-state index >= 15 is 0 Å². The van der Waals surface area contributed by atoms with Crippen LogP contribution in [0.3, 0.4) is 0 Å². The number of aliphatic hydroxyl groups is 1. The van der Waals surface area contributed by atoms with Crippen molar-refractivity contribution in [2.24, 2.45) is 0 Å². The van der Waals surface area contributed by atoms with Crippen molar-refractivity contribution in [3.63, 3.8) is 0 Å². The summed E-state index contributed by atoms with van der Waals surface area (Å²) in [5, 5.41) is 8.81. The summed E-state index contributed by atoms with van der Waals surface area (Å²) < 4.78 is 68.9. The van der Waals surface area contributed by atoms with Gasteiger partial charge in [0.05, 0.1) is 25.1 Å². The second-order valence-corrected chi connectivity index (χ2v) is 8.70. The van der Waals surface area contributed by atoms with E-state index in [9.17, 15) is 41.5 Å². The average molecular weight is 574 g/mol. The molecule has 2 aromatic heterocycles. The molecule has 0 amide bonds. The molecule has 0 saturated carbocycles. The molecule has 2 aromatic rings. The monoisotopic (exact) mass is 574 g/mol. The highest BCUT2D eigenvalue weighted by Gasteiger charge is 2.40. The minimum absolute atomic E-state index is 0.0889. The van der Waals surface area contributed by atoms with E-state index in [2.05, 4.69) is 4.74 Å². The molecule has 0 aromatic carbocycles. The summed E-state index contributed by atoms with van der Waals surface area (Å²) in [6.07, 6.45) is -8.06. The third-order valence-electron chi connectivity index (χ3n) is 5.14. The first kappa shape index (κ1) is 29.3. The van der Waals surface area contributed by atoms with Crippen molar-refractivity contribution in [3.8, 4) is 0 Å². The normalized spacial score (nSPS) is 26.7. The molecule has 0 unspecified atom stereocenters. The van der Waals surface area contributed by atoms with Gasteiger partial charge >= 0.3 is 17.1 Å². The van der Waals surface area contributed by atoms with Gasteiger partial charge in [-0.15, -0.1) is 0 Å². The third-order valence-corrected chi connectivity index (χ3v) is 5.58. The quantitative estimate of drug-likeness (QED) is 0.215. The Morgan fingerprint density at radius 1 is 0.947 bits per heavy atom. The average Bonchev–Trinajstić information content (AvgIpc) is 3.40. The fourth-order valence-corrected chi connectivity index (χ4v) is 3.65. The number of H-pyrrole nitrogens is 2. The Labute approximate surface area is 207 Å². The number of hydrogen-bond donors (Lipinski definition) is 5. The number of carbonyl (C=O) groups excluding carboxylic acids is 1. The summed E-state index contributed by atoms with van der Waals surface area (Å²) in [5.74, 6) is -2.52. The lowest BCUT2D eigenvalue weighted by atomic mass is 10.2. The first-order valence-corrected chi connectivity index (χ1v) is 11.7. The standard InChI is InChI=1S/C9H9F2N2O7P.C9H10F2N2O4/c10-3-1-5(20-9(16)21(17)18)19-7(3)13-2-4(11)6(14)12-8(13)15;10-5-1-4(3-14)17-8(5)13-2-6(11)7(15)12-9(13)16/h2-3,5,7,17-18H,1H2,(H,12,14,15);2,4-5,8,14H,1,3H2,(H,12,15,16)/t3-,5+,7+;4-,5-,8+/m00/s1. The van der Waals surface area contributed by atoms with E-state index in [1.54, 1.807) is 9.97 Å². The van der Waals surface area contributed by atoms with Gasteiger partial charge in [0.25, 0.3) is 19.5 Å². The number of hydrogen-bond acceptors (Lipinski definition) is 11. The highest BCUT2D eigenvalue weighted by atomic mass is 31.2. The van der Waals surface area contributed by atoms with Crippen molar-refractivity contribution in [2.45, 2.75) is 50.0 Å². The van der Waals surface area contributed by atoms with E-state index in [0.717, 1.165) is 0 Å². The van der Waals surface area contributed by atoms with Gasteiger partial charge in [-0.05, 0) is 0 Å². The fraction of sp³-hybridized carbons (Fsp3) is 0.500. The van der Waals surface area contributed by atoms with Gasteiger partial charge in [0.15, 0.2) is 18.6 Å². The minimum atomic E-state index is -3.02. The lowest BCUT2D eigenvalue weighted by Crippen LogP contribution is -2.36. The summed E-state index contributed by atoms with van der Waals surface area (Å²) in [4.78, 5) is 75.9. The van der Waals surface area contributed by atoms with Crippen molar-refractivity contribution in [1.29, 1.82) is 0 Å². The molecule has 0 radical (unpaired) electrons. The van der Waals surface area contributed by atoms with E-state index < -0.39 is 98.4 Å². The largest absolute Gasteiger partial charge is 0.429 e. The zero-order valence-electron chi connectivity index (χ0n) is 18.7. The van der Waals surface area contributed by atoms with Crippen LogP contribution >= 0.6 is 8.38 Å². The van der Waals surface area contributed by atoms with Crippen molar-refractivity contribution in [2.75, 3.05) is 6.61 Å². The number of nitrogens with zero attached hydrogens (tertiary/aromatic N) is 2. The topological polar surface area (TPSA) is 215 Å². The molecular weight excluding hydrogens is 555 g/mol. The fourth-order valence-electron chi connectivity index (χ4n) is 3.43. The predicted molar refractivity (Wildman–Crippen MR) is 114 cm³/mol. The summed E-state index contributed by atoms with van der Waals surface area (Å²) >= 11 is 0. The molecule has 2 aliphatic rings. The third kappa shape index (κ3) is 6.61. The Morgan fingerprint density at radius 2 is 1.42 bits per heavy atom. The maximum atomic E-state index is 13.8. The number of alkyl halides is 2. The molecule has 0 bridgehead atoms. The molecule has 0 spiro atoms. The van der Waals surface area contributed by atoms with E-state index in [1.165, 1.54) is 0 Å². The van der Waals surface area contributed by atoms with Gasteiger partial charge in [-0.25, -0.2) is 23.2 Å². The lowest BCUT2D eigenvalue weighted by molar-refractivity contribution is -0.117. The van der Waals surface area contributed by atoms with Crippen molar-refractivity contribution in [3.05, 3.63) is 65.7 Å². The molecule has 210 valence electrons. The van der Waals surface area contributed by atoms with Gasteiger partial charge < -0.3 is 29.1 Å².